The Balaban J connectivity index is 2.00. The number of piperidine rings is 1. The molecule has 0 spiro atoms. The van der Waals surface area contributed by atoms with Crippen LogP contribution in [0.3, 0.4) is 0 Å². The molecule has 1 aliphatic heterocycles. The second kappa shape index (κ2) is 8.29. The van der Waals surface area contributed by atoms with Gasteiger partial charge in [0.15, 0.2) is 0 Å². The number of hydrogen-bond acceptors (Lipinski definition) is 4. The fraction of sp³-hybridized carbons (Fsp3) is 0.611. The van der Waals surface area contributed by atoms with Gasteiger partial charge in [-0.3, -0.25) is 9.69 Å². The molecule has 7 heteroatoms. The van der Waals surface area contributed by atoms with E-state index in [1.165, 1.54) is 4.31 Å². The monoisotopic (exact) mass is 368 g/mol. The van der Waals surface area contributed by atoms with Crippen molar-refractivity contribution in [2.75, 3.05) is 26.7 Å². The molecule has 0 unspecified atom stereocenters. The summed E-state index contributed by atoms with van der Waals surface area (Å²) in [4.78, 5) is 12.9. The van der Waals surface area contributed by atoms with E-state index in [0.29, 0.717) is 36.7 Å². The summed E-state index contributed by atoms with van der Waals surface area (Å²) in [5.74, 6) is -0.330. The summed E-state index contributed by atoms with van der Waals surface area (Å²) in [6.07, 6.45) is 2.23. The Morgan fingerprint density at radius 1 is 1.24 bits per heavy atom. The van der Waals surface area contributed by atoms with E-state index in [9.17, 15) is 13.2 Å². The third-order valence-corrected chi connectivity index (χ3v) is 6.55. The summed E-state index contributed by atoms with van der Waals surface area (Å²) in [5.41, 5.74) is 1.14. The van der Waals surface area contributed by atoms with Crippen LogP contribution in [0.25, 0.3) is 0 Å². The molecule has 0 bridgehead atoms. The molecule has 1 saturated heterocycles. The van der Waals surface area contributed by atoms with Gasteiger partial charge in [0.05, 0.1) is 11.4 Å². The molecule has 1 N–H and O–H groups in total. The fourth-order valence-corrected chi connectivity index (χ4v) is 4.75. The fourth-order valence-electron chi connectivity index (χ4n) is 3.28. The molecule has 1 aromatic carbocycles. The van der Waals surface area contributed by atoms with Gasteiger partial charge in [-0.1, -0.05) is 26.0 Å². The largest absolute Gasteiger partial charge is 0.480 e. The highest BCUT2D eigenvalue weighted by Gasteiger charge is 2.31. The van der Waals surface area contributed by atoms with Crippen LogP contribution < -0.4 is 0 Å². The maximum Gasteiger partial charge on any atom is 0.317 e. The molecule has 0 aromatic heterocycles. The Labute approximate surface area is 150 Å². The lowest BCUT2D eigenvalue weighted by Crippen LogP contribution is -2.46. The quantitative estimate of drug-likeness (QED) is 0.797. The van der Waals surface area contributed by atoms with Crippen molar-refractivity contribution < 1.29 is 18.3 Å². The van der Waals surface area contributed by atoms with Crippen LogP contribution in [0, 0.1) is 5.92 Å². The predicted octanol–water partition coefficient (Wildman–Crippen LogP) is 2.05. The van der Waals surface area contributed by atoms with Gasteiger partial charge in [-0.25, -0.2) is 8.42 Å². The SMILES string of the molecule is CC(C)Cc1ccc(S(=O)(=O)N2CCC(N(C)CC(=O)O)CC2)cc1. The van der Waals surface area contributed by atoms with E-state index >= 15 is 0 Å². The third kappa shape index (κ3) is 5.26. The maximum atomic E-state index is 12.8. The highest BCUT2D eigenvalue weighted by atomic mass is 32.2. The second-order valence-corrected chi connectivity index (χ2v) is 9.12. The van der Waals surface area contributed by atoms with Crippen molar-refractivity contribution in [3.8, 4) is 0 Å². The predicted molar refractivity (Wildman–Crippen MR) is 97.0 cm³/mol. The number of sulfonamides is 1. The summed E-state index contributed by atoms with van der Waals surface area (Å²) in [6.45, 7) is 5.09. The lowest BCUT2D eigenvalue weighted by atomic mass is 10.0. The Hall–Kier alpha value is -1.44. The van der Waals surface area contributed by atoms with E-state index in [2.05, 4.69) is 13.8 Å². The van der Waals surface area contributed by atoms with Gasteiger partial charge in [-0.15, -0.1) is 0 Å². The molecule has 0 saturated carbocycles. The highest BCUT2D eigenvalue weighted by molar-refractivity contribution is 7.89. The van der Waals surface area contributed by atoms with Gasteiger partial charge in [0.1, 0.15) is 0 Å². The van der Waals surface area contributed by atoms with Crippen molar-refractivity contribution in [1.82, 2.24) is 9.21 Å². The summed E-state index contributed by atoms with van der Waals surface area (Å²) >= 11 is 0. The van der Waals surface area contributed by atoms with Crippen LogP contribution >= 0.6 is 0 Å². The van der Waals surface area contributed by atoms with E-state index < -0.39 is 16.0 Å². The van der Waals surface area contributed by atoms with Crippen molar-refractivity contribution in [3.63, 3.8) is 0 Å². The van der Waals surface area contributed by atoms with Crippen LogP contribution in [-0.2, 0) is 21.2 Å². The topological polar surface area (TPSA) is 77.9 Å². The van der Waals surface area contributed by atoms with Gasteiger partial charge in [0.2, 0.25) is 10.0 Å². The standard InChI is InChI=1S/C18H28N2O4S/c1-14(2)12-15-4-6-17(7-5-15)25(23,24)20-10-8-16(9-11-20)19(3)13-18(21)22/h4-7,14,16H,8-13H2,1-3H3,(H,21,22). The molecule has 6 nitrogen and oxygen atoms in total. The van der Waals surface area contributed by atoms with Gasteiger partial charge in [0, 0.05) is 19.1 Å². The van der Waals surface area contributed by atoms with E-state index in [1.54, 1.807) is 24.1 Å². The number of nitrogens with zero attached hydrogens (tertiary/aromatic N) is 2. The molecule has 1 aromatic rings. The summed E-state index contributed by atoms with van der Waals surface area (Å²) in [5, 5.41) is 8.87. The second-order valence-electron chi connectivity index (χ2n) is 7.19. The molecule has 0 amide bonds. The summed E-state index contributed by atoms with van der Waals surface area (Å²) in [6, 6.07) is 7.27. The van der Waals surface area contributed by atoms with Gasteiger partial charge in [0.25, 0.3) is 0 Å². The van der Waals surface area contributed by atoms with Crippen LogP contribution in [0.2, 0.25) is 0 Å². The number of aliphatic carboxylic acids is 1. The lowest BCUT2D eigenvalue weighted by Gasteiger charge is -2.35. The van der Waals surface area contributed by atoms with Gasteiger partial charge < -0.3 is 5.11 Å². The van der Waals surface area contributed by atoms with E-state index in [0.717, 1.165) is 12.0 Å². The normalized spacial score (nSPS) is 17.3. The zero-order chi connectivity index (χ0) is 18.6. The molecule has 0 aliphatic carbocycles. The zero-order valence-electron chi connectivity index (χ0n) is 15.2. The molecule has 0 atom stereocenters. The molecule has 1 heterocycles. The van der Waals surface area contributed by atoms with E-state index in [4.69, 9.17) is 5.11 Å². The zero-order valence-corrected chi connectivity index (χ0v) is 16.0. The van der Waals surface area contributed by atoms with Crippen LogP contribution in [0.1, 0.15) is 32.3 Å². The smallest absolute Gasteiger partial charge is 0.317 e. The third-order valence-electron chi connectivity index (χ3n) is 4.64. The summed E-state index contributed by atoms with van der Waals surface area (Å²) in [7, 11) is -1.71. The number of likely N-dealkylation sites (N-methyl/N-ethyl adjacent to an activating group) is 1. The summed E-state index contributed by atoms with van der Waals surface area (Å²) < 4.78 is 27.1. The van der Waals surface area contributed by atoms with E-state index in [-0.39, 0.29) is 12.6 Å². The Kier molecular flexibility index (Phi) is 6.59. The first-order chi connectivity index (χ1) is 11.7. The molecule has 140 valence electrons. The number of benzene rings is 1. The van der Waals surface area contributed by atoms with Crippen molar-refractivity contribution in [2.45, 2.75) is 44.0 Å². The van der Waals surface area contributed by atoms with Crippen molar-refractivity contribution >= 4 is 16.0 Å². The minimum atomic E-state index is -3.48. The van der Waals surface area contributed by atoms with Crippen LogP contribution in [-0.4, -0.2) is 61.4 Å². The van der Waals surface area contributed by atoms with Crippen LogP contribution in [0.5, 0.6) is 0 Å². The van der Waals surface area contributed by atoms with Crippen molar-refractivity contribution in [3.05, 3.63) is 29.8 Å². The highest BCUT2D eigenvalue weighted by Crippen LogP contribution is 2.23. The van der Waals surface area contributed by atoms with Crippen molar-refractivity contribution in [1.29, 1.82) is 0 Å². The first-order valence-electron chi connectivity index (χ1n) is 8.71. The first-order valence-corrected chi connectivity index (χ1v) is 10.1. The molecule has 1 aliphatic rings. The Morgan fingerprint density at radius 3 is 2.28 bits per heavy atom. The number of hydrogen-bond donors (Lipinski definition) is 1. The minimum absolute atomic E-state index is 0.0191. The molecule has 0 radical (unpaired) electrons. The molecular formula is C18H28N2O4S. The van der Waals surface area contributed by atoms with Crippen LogP contribution in [0.4, 0.5) is 0 Å². The van der Waals surface area contributed by atoms with Gasteiger partial charge >= 0.3 is 5.97 Å². The van der Waals surface area contributed by atoms with Gasteiger partial charge in [-0.2, -0.15) is 4.31 Å². The number of carbonyl (C=O) groups is 1. The molecule has 2 rings (SSSR count). The molecule has 25 heavy (non-hydrogen) atoms. The Bertz CT molecular complexity index is 678. The van der Waals surface area contributed by atoms with Crippen molar-refractivity contribution in [2.24, 2.45) is 5.92 Å². The number of carboxylic acids is 1. The lowest BCUT2D eigenvalue weighted by molar-refractivity contribution is -0.138. The number of carboxylic acid groups (broad SMARTS) is 1. The molecular weight excluding hydrogens is 340 g/mol. The first kappa shape index (κ1) is 19.9. The van der Waals surface area contributed by atoms with Gasteiger partial charge in [-0.05, 0) is 49.9 Å². The average Bonchev–Trinajstić information content (AvgIpc) is 2.54. The molecule has 1 fully saturated rings. The van der Waals surface area contributed by atoms with Crippen LogP contribution in [0.15, 0.2) is 29.2 Å². The minimum Gasteiger partial charge on any atom is -0.480 e. The number of rotatable bonds is 7. The Morgan fingerprint density at radius 2 is 1.80 bits per heavy atom. The average molecular weight is 368 g/mol. The maximum absolute atomic E-state index is 12.8. The van der Waals surface area contributed by atoms with E-state index in [1.807, 2.05) is 12.1 Å².